The molecule has 2 N–H and O–H groups in total. The van der Waals surface area contributed by atoms with Gasteiger partial charge in [0.05, 0.1) is 18.4 Å². The minimum atomic E-state index is -3.00. The number of nitrogens with one attached hydrogen (secondary N) is 1. The first-order valence-corrected chi connectivity index (χ1v) is 7.30. The molecule has 2 heterocycles. The average molecular weight is 353 g/mol. The van der Waals surface area contributed by atoms with E-state index < -0.39 is 18.1 Å². The van der Waals surface area contributed by atoms with Gasteiger partial charge in [0.15, 0.2) is 5.60 Å². The first-order valence-electron chi connectivity index (χ1n) is 7.30. The van der Waals surface area contributed by atoms with Crippen molar-refractivity contribution >= 4 is 11.6 Å². The number of hydrogen-bond donors (Lipinski definition) is 2. The number of aromatic nitrogens is 2. The van der Waals surface area contributed by atoms with Crippen molar-refractivity contribution in [2.75, 3.05) is 5.32 Å². The lowest BCUT2D eigenvalue weighted by Gasteiger charge is -2.24. The Morgan fingerprint density at radius 2 is 2.12 bits per heavy atom. The second-order valence-corrected chi connectivity index (χ2v) is 5.58. The number of carbonyl (C=O) groups is 1. The number of pyridine rings is 2. The second kappa shape index (κ2) is 7.39. The number of hydrogen-bond acceptors (Lipinski definition) is 5. The molecule has 0 bridgehead atoms. The summed E-state index contributed by atoms with van der Waals surface area (Å²) in [6.07, 6.45) is 1.12. The van der Waals surface area contributed by atoms with Gasteiger partial charge in [0.1, 0.15) is 0 Å². The van der Waals surface area contributed by atoms with Gasteiger partial charge in [0.25, 0.3) is 11.5 Å². The van der Waals surface area contributed by atoms with E-state index >= 15 is 0 Å². The molecule has 1 atom stereocenters. The molecule has 9 heteroatoms. The number of halogens is 2. The van der Waals surface area contributed by atoms with Crippen molar-refractivity contribution in [3.63, 3.8) is 0 Å². The highest BCUT2D eigenvalue weighted by Gasteiger charge is 2.31. The highest BCUT2D eigenvalue weighted by atomic mass is 19.3. The molecule has 7 nitrogen and oxygen atoms in total. The lowest BCUT2D eigenvalue weighted by molar-refractivity contribution is -0.133. The summed E-state index contributed by atoms with van der Waals surface area (Å²) in [6.45, 7) is -0.296. The van der Waals surface area contributed by atoms with Crippen LogP contribution in [0.4, 0.5) is 14.5 Å². The maximum Gasteiger partial charge on any atom is 0.388 e. The summed E-state index contributed by atoms with van der Waals surface area (Å²) >= 11 is 0. The summed E-state index contributed by atoms with van der Waals surface area (Å²) in [5, 5.41) is 12.8. The Hall–Kier alpha value is -2.81. The molecule has 0 fully saturated rings. The van der Waals surface area contributed by atoms with Crippen molar-refractivity contribution < 1.29 is 23.4 Å². The highest BCUT2D eigenvalue weighted by Crippen LogP contribution is 2.16. The molecule has 0 aliphatic carbocycles. The monoisotopic (exact) mass is 353 g/mol. The predicted octanol–water partition coefficient (Wildman–Crippen LogP) is 1.54. The van der Waals surface area contributed by atoms with Gasteiger partial charge in [-0.2, -0.15) is 8.78 Å². The number of aryl methyl sites for hydroxylation is 1. The molecule has 2 aromatic heterocycles. The maximum absolute atomic E-state index is 12.3. The first-order chi connectivity index (χ1) is 11.7. The Bertz CT molecular complexity index is 804. The van der Waals surface area contributed by atoms with Gasteiger partial charge in [0, 0.05) is 17.8 Å². The number of rotatable bonds is 6. The molecule has 0 saturated carbocycles. The molecule has 25 heavy (non-hydrogen) atoms. The number of alkyl halides is 2. The predicted molar refractivity (Wildman–Crippen MR) is 85.6 cm³/mol. The molecule has 2 rings (SSSR count). The Labute approximate surface area is 141 Å². The van der Waals surface area contributed by atoms with Crippen molar-refractivity contribution in [2.45, 2.75) is 32.6 Å². The first kappa shape index (κ1) is 18.5. The fourth-order valence-corrected chi connectivity index (χ4v) is 2.09. The van der Waals surface area contributed by atoms with Gasteiger partial charge in [0.2, 0.25) is 5.88 Å². The van der Waals surface area contributed by atoms with E-state index in [-0.39, 0.29) is 23.7 Å². The number of anilines is 1. The standard InChI is InChI=1S/C16H17F2N3O4/c1-10-4-3-5-13(22)21(10)9-16(2,24)14(23)20-11-6-7-12(19-8-11)25-15(17)18/h3-8,15,24H,9H2,1-2H3,(H,20,23). The summed E-state index contributed by atoms with van der Waals surface area (Å²) in [4.78, 5) is 27.7. The van der Waals surface area contributed by atoms with Gasteiger partial charge < -0.3 is 19.7 Å². The molecule has 0 aliphatic heterocycles. The number of nitrogens with zero attached hydrogens (tertiary/aromatic N) is 2. The number of ether oxygens (including phenoxy) is 1. The Morgan fingerprint density at radius 1 is 1.40 bits per heavy atom. The van der Waals surface area contributed by atoms with Gasteiger partial charge in [-0.25, -0.2) is 4.98 Å². The van der Waals surface area contributed by atoms with Crippen LogP contribution in [0.2, 0.25) is 0 Å². The topological polar surface area (TPSA) is 93.5 Å². The maximum atomic E-state index is 12.3. The van der Waals surface area contributed by atoms with Crippen LogP contribution in [0.5, 0.6) is 5.88 Å². The van der Waals surface area contributed by atoms with Crippen LogP contribution < -0.4 is 15.6 Å². The third-order valence-electron chi connectivity index (χ3n) is 3.43. The molecule has 0 radical (unpaired) electrons. The van der Waals surface area contributed by atoms with E-state index in [1.807, 2.05) is 0 Å². The van der Waals surface area contributed by atoms with Crippen molar-refractivity contribution in [3.8, 4) is 5.88 Å². The number of amides is 1. The van der Waals surface area contributed by atoms with Crippen molar-refractivity contribution in [2.24, 2.45) is 0 Å². The van der Waals surface area contributed by atoms with E-state index in [2.05, 4.69) is 15.0 Å². The van der Waals surface area contributed by atoms with E-state index in [4.69, 9.17) is 0 Å². The Kier molecular flexibility index (Phi) is 5.48. The van der Waals surface area contributed by atoms with Crippen LogP contribution in [-0.4, -0.2) is 32.8 Å². The minimum absolute atomic E-state index is 0.184. The van der Waals surface area contributed by atoms with Crippen molar-refractivity contribution in [1.29, 1.82) is 0 Å². The van der Waals surface area contributed by atoms with Gasteiger partial charge >= 0.3 is 6.61 Å². The zero-order chi connectivity index (χ0) is 18.6. The van der Waals surface area contributed by atoms with Crippen LogP contribution in [0, 0.1) is 6.92 Å². The normalized spacial score (nSPS) is 13.4. The third kappa shape index (κ3) is 4.83. The molecule has 0 aromatic carbocycles. The summed E-state index contributed by atoms with van der Waals surface area (Å²) in [7, 11) is 0. The van der Waals surface area contributed by atoms with E-state index in [0.29, 0.717) is 5.69 Å². The summed E-state index contributed by atoms with van der Waals surface area (Å²) in [5.74, 6) is -1.07. The molecule has 134 valence electrons. The second-order valence-electron chi connectivity index (χ2n) is 5.58. The van der Waals surface area contributed by atoms with E-state index in [1.54, 1.807) is 19.1 Å². The molecular formula is C16H17F2N3O4. The molecule has 2 aromatic rings. The third-order valence-corrected chi connectivity index (χ3v) is 3.43. The highest BCUT2D eigenvalue weighted by molar-refractivity contribution is 5.96. The van der Waals surface area contributed by atoms with Crippen LogP contribution in [0.15, 0.2) is 41.3 Å². The lowest BCUT2D eigenvalue weighted by atomic mass is 10.1. The van der Waals surface area contributed by atoms with Crippen molar-refractivity contribution in [3.05, 3.63) is 52.6 Å². The average Bonchev–Trinajstić information content (AvgIpc) is 2.52. The zero-order valence-corrected chi connectivity index (χ0v) is 13.6. The van der Waals surface area contributed by atoms with E-state index in [9.17, 15) is 23.5 Å². The minimum Gasteiger partial charge on any atom is -0.417 e. The fourth-order valence-electron chi connectivity index (χ4n) is 2.09. The molecule has 0 saturated heterocycles. The summed E-state index contributed by atoms with van der Waals surface area (Å²) in [6, 6.07) is 7.05. The van der Waals surface area contributed by atoms with Crippen molar-refractivity contribution in [1.82, 2.24) is 9.55 Å². The number of aliphatic hydroxyl groups is 1. The SMILES string of the molecule is Cc1cccc(=O)n1CC(C)(O)C(=O)Nc1ccc(OC(F)F)nc1. The number of carbonyl (C=O) groups excluding carboxylic acids is 1. The van der Waals surface area contributed by atoms with Gasteiger partial charge in [-0.15, -0.1) is 0 Å². The summed E-state index contributed by atoms with van der Waals surface area (Å²) in [5.41, 5.74) is -1.45. The smallest absolute Gasteiger partial charge is 0.388 e. The molecular weight excluding hydrogens is 336 g/mol. The van der Waals surface area contributed by atoms with Crippen LogP contribution in [0.25, 0.3) is 0 Å². The molecule has 1 amide bonds. The molecule has 0 aliphatic rings. The lowest BCUT2D eigenvalue weighted by Crippen LogP contribution is -2.46. The van der Waals surface area contributed by atoms with Crippen LogP contribution in [0.1, 0.15) is 12.6 Å². The molecule has 0 spiro atoms. The van der Waals surface area contributed by atoms with E-state index in [0.717, 1.165) is 12.3 Å². The Balaban J connectivity index is 2.09. The Morgan fingerprint density at radius 3 is 2.68 bits per heavy atom. The van der Waals surface area contributed by atoms with Gasteiger partial charge in [-0.05, 0) is 26.0 Å². The quantitative estimate of drug-likeness (QED) is 0.822. The molecule has 1 unspecified atom stereocenters. The fraction of sp³-hybridized carbons (Fsp3) is 0.312. The van der Waals surface area contributed by atoms with Crippen LogP contribution in [0.3, 0.4) is 0 Å². The summed E-state index contributed by atoms with van der Waals surface area (Å²) < 4.78 is 29.5. The van der Waals surface area contributed by atoms with Crippen LogP contribution in [-0.2, 0) is 11.3 Å². The zero-order valence-electron chi connectivity index (χ0n) is 13.6. The van der Waals surface area contributed by atoms with Crippen LogP contribution >= 0.6 is 0 Å². The van der Waals surface area contributed by atoms with E-state index in [1.165, 1.54) is 23.6 Å². The van der Waals surface area contributed by atoms with Gasteiger partial charge in [-0.3, -0.25) is 9.59 Å². The van der Waals surface area contributed by atoms with Gasteiger partial charge in [-0.1, -0.05) is 6.07 Å². The largest absolute Gasteiger partial charge is 0.417 e.